The third-order valence-electron chi connectivity index (χ3n) is 2.75. The summed E-state index contributed by atoms with van der Waals surface area (Å²) in [5.74, 6) is 1.44. The first-order chi connectivity index (χ1) is 8.18. The van der Waals surface area contributed by atoms with E-state index in [1.165, 1.54) is 0 Å². The summed E-state index contributed by atoms with van der Waals surface area (Å²) in [6.45, 7) is 0.221. The molecule has 3 unspecified atom stereocenters. The van der Waals surface area contributed by atoms with Gasteiger partial charge in [0.05, 0.1) is 12.7 Å². The van der Waals surface area contributed by atoms with Crippen LogP contribution in [-0.2, 0) is 10.5 Å². The van der Waals surface area contributed by atoms with Crippen molar-refractivity contribution in [3.05, 3.63) is 34.9 Å². The molecular weight excluding hydrogens is 260 g/mol. The molecule has 17 heavy (non-hydrogen) atoms. The molecule has 0 spiro atoms. The Morgan fingerprint density at radius 2 is 2.12 bits per heavy atom. The van der Waals surface area contributed by atoms with Crippen molar-refractivity contribution in [1.82, 2.24) is 0 Å². The molecule has 0 saturated carbocycles. The van der Waals surface area contributed by atoms with E-state index in [9.17, 15) is 10.2 Å². The average molecular weight is 275 g/mol. The highest BCUT2D eigenvalue weighted by atomic mass is 35.5. The van der Waals surface area contributed by atoms with Gasteiger partial charge in [-0.1, -0.05) is 29.8 Å². The van der Waals surface area contributed by atoms with E-state index < -0.39 is 12.2 Å². The predicted molar refractivity (Wildman–Crippen MR) is 69.4 cm³/mol. The maximum Gasteiger partial charge on any atom is 0.109 e. The van der Waals surface area contributed by atoms with Gasteiger partial charge >= 0.3 is 0 Å². The standard InChI is InChI=1S/C12H15ClO3S/c13-9-4-2-1-3-8(9)6-17-7-11-12(15)10(14)5-16-11/h1-4,10-12,14-15H,5-7H2. The highest BCUT2D eigenvalue weighted by Gasteiger charge is 2.34. The van der Waals surface area contributed by atoms with Gasteiger partial charge in [-0.25, -0.2) is 0 Å². The van der Waals surface area contributed by atoms with Gasteiger partial charge in [0.25, 0.3) is 0 Å². The van der Waals surface area contributed by atoms with Gasteiger partial charge in [-0.05, 0) is 11.6 Å². The van der Waals surface area contributed by atoms with Crippen LogP contribution in [-0.4, -0.2) is 40.9 Å². The van der Waals surface area contributed by atoms with Crippen molar-refractivity contribution in [3.8, 4) is 0 Å². The van der Waals surface area contributed by atoms with Crippen molar-refractivity contribution >= 4 is 23.4 Å². The number of hydrogen-bond donors (Lipinski definition) is 2. The number of halogens is 1. The minimum absolute atomic E-state index is 0.221. The lowest BCUT2D eigenvalue weighted by molar-refractivity contribution is 0.0337. The zero-order valence-corrected chi connectivity index (χ0v) is 10.8. The minimum atomic E-state index is -0.770. The maximum absolute atomic E-state index is 9.59. The van der Waals surface area contributed by atoms with Crippen molar-refractivity contribution < 1.29 is 14.9 Å². The Labute approximate surface area is 110 Å². The Kier molecular flexibility index (Phi) is 4.70. The van der Waals surface area contributed by atoms with Gasteiger partial charge in [0, 0.05) is 16.5 Å². The monoisotopic (exact) mass is 274 g/mol. The Hall–Kier alpha value is -0.260. The van der Waals surface area contributed by atoms with Crippen LogP contribution in [0.3, 0.4) is 0 Å². The Bertz CT molecular complexity index is 375. The number of hydrogen-bond acceptors (Lipinski definition) is 4. The van der Waals surface area contributed by atoms with Crippen LogP contribution in [0.1, 0.15) is 5.56 Å². The van der Waals surface area contributed by atoms with Crippen LogP contribution in [0, 0.1) is 0 Å². The second-order valence-electron chi connectivity index (χ2n) is 4.04. The molecule has 1 aromatic rings. The molecule has 1 heterocycles. The van der Waals surface area contributed by atoms with Crippen LogP contribution in [0.15, 0.2) is 24.3 Å². The maximum atomic E-state index is 9.59. The second-order valence-corrected chi connectivity index (χ2v) is 5.47. The molecule has 1 aliphatic heterocycles. The number of ether oxygens (including phenoxy) is 1. The smallest absolute Gasteiger partial charge is 0.109 e. The van der Waals surface area contributed by atoms with Gasteiger partial charge in [-0.15, -0.1) is 0 Å². The molecule has 0 aliphatic carbocycles. The fraction of sp³-hybridized carbons (Fsp3) is 0.500. The molecule has 94 valence electrons. The molecule has 2 N–H and O–H groups in total. The summed E-state index contributed by atoms with van der Waals surface area (Å²) in [6, 6.07) is 7.70. The fourth-order valence-electron chi connectivity index (χ4n) is 1.71. The van der Waals surface area contributed by atoms with Gasteiger partial charge in [-0.3, -0.25) is 0 Å². The summed E-state index contributed by atoms with van der Waals surface area (Å²) in [5.41, 5.74) is 1.08. The summed E-state index contributed by atoms with van der Waals surface area (Å²) in [6.07, 6.45) is -1.80. The molecule has 1 saturated heterocycles. The molecule has 0 amide bonds. The number of thioether (sulfide) groups is 1. The Morgan fingerprint density at radius 3 is 2.76 bits per heavy atom. The van der Waals surface area contributed by atoms with Crippen molar-refractivity contribution in [1.29, 1.82) is 0 Å². The lowest BCUT2D eigenvalue weighted by Crippen LogP contribution is -2.31. The summed E-state index contributed by atoms with van der Waals surface area (Å²) < 4.78 is 5.29. The predicted octanol–water partition coefficient (Wildman–Crippen LogP) is 1.69. The zero-order chi connectivity index (χ0) is 12.3. The van der Waals surface area contributed by atoms with Gasteiger partial charge < -0.3 is 14.9 Å². The van der Waals surface area contributed by atoms with Gasteiger partial charge in [0.2, 0.25) is 0 Å². The summed E-state index contributed by atoms with van der Waals surface area (Å²) in [4.78, 5) is 0. The van der Waals surface area contributed by atoms with Crippen molar-refractivity contribution in [2.75, 3.05) is 12.4 Å². The first kappa shape index (κ1) is 13.2. The van der Waals surface area contributed by atoms with Gasteiger partial charge in [0.15, 0.2) is 0 Å². The molecular formula is C12H15ClO3S. The summed E-state index contributed by atoms with van der Waals surface area (Å²) >= 11 is 7.68. The van der Waals surface area contributed by atoms with E-state index in [1.807, 2.05) is 24.3 Å². The lowest BCUT2D eigenvalue weighted by Gasteiger charge is -2.14. The van der Waals surface area contributed by atoms with E-state index in [0.29, 0.717) is 5.75 Å². The zero-order valence-electron chi connectivity index (χ0n) is 9.25. The van der Waals surface area contributed by atoms with Crippen LogP contribution in [0.5, 0.6) is 0 Å². The molecule has 0 bridgehead atoms. The molecule has 1 fully saturated rings. The topological polar surface area (TPSA) is 49.7 Å². The first-order valence-electron chi connectivity index (χ1n) is 5.47. The lowest BCUT2D eigenvalue weighted by atomic mass is 10.2. The van der Waals surface area contributed by atoms with E-state index in [2.05, 4.69) is 0 Å². The molecule has 3 atom stereocenters. The minimum Gasteiger partial charge on any atom is -0.388 e. The normalized spacial score (nSPS) is 28.5. The quantitative estimate of drug-likeness (QED) is 0.877. The summed E-state index contributed by atoms with van der Waals surface area (Å²) in [5, 5.41) is 19.7. The number of aliphatic hydroxyl groups excluding tert-OH is 2. The number of aliphatic hydroxyl groups is 2. The third kappa shape index (κ3) is 3.36. The Morgan fingerprint density at radius 1 is 1.35 bits per heavy atom. The van der Waals surface area contributed by atoms with E-state index >= 15 is 0 Å². The largest absolute Gasteiger partial charge is 0.388 e. The van der Waals surface area contributed by atoms with Gasteiger partial charge in [-0.2, -0.15) is 11.8 Å². The van der Waals surface area contributed by atoms with E-state index in [4.69, 9.17) is 16.3 Å². The van der Waals surface area contributed by atoms with Crippen LogP contribution < -0.4 is 0 Å². The van der Waals surface area contributed by atoms with Crippen LogP contribution >= 0.6 is 23.4 Å². The SMILES string of the molecule is OC1COC(CSCc2ccccc2Cl)C1O. The molecule has 0 aromatic heterocycles. The third-order valence-corrected chi connectivity index (χ3v) is 4.20. The number of benzene rings is 1. The molecule has 2 rings (SSSR count). The van der Waals surface area contributed by atoms with Crippen molar-refractivity contribution in [2.24, 2.45) is 0 Å². The number of rotatable bonds is 4. The fourth-order valence-corrected chi connectivity index (χ4v) is 3.11. The van der Waals surface area contributed by atoms with Crippen LogP contribution in [0.25, 0.3) is 0 Å². The van der Waals surface area contributed by atoms with E-state index in [-0.39, 0.29) is 12.7 Å². The molecule has 0 radical (unpaired) electrons. The molecule has 1 aromatic carbocycles. The second kappa shape index (κ2) is 6.07. The highest BCUT2D eigenvalue weighted by molar-refractivity contribution is 7.98. The Balaban J connectivity index is 1.79. The molecule has 1 aliphatic rings. The van der Waals surface area contributed by atoms with Gasteiger partial charge in [0.1, 0.15) is 12.2 Å². The first-order valence-corrected chi connectivity index (χ1v) is 7.00. The summed E-state index contributed by atoms with van der Waals surface area (Å²) in [7, 11) is 0. The van der Waals surface area contributed by atoms with Crippen LogP contribution in [0.4, 0.5) is 0 Å². The van der Waals surface area contributed by atoms with Crippen molar-refractivity contribution in [3.63, 3.8) is 0 Å². The molecule has 3 nitrogen and oxygen atoms in total. The van der Waals surface area contributed by atoms with E-state index in [0.717, 1.165) is 16.3 Å². The van der Waals surface area contributed by atoms with Crippen LogP contribution in [0.2, 0.25) is 5.02 Å². The van der Waals surface area contributed by atoms with E-state index in [1.54, 1.807) is 11.8 Å². The molecule has 5 heteroatoms. The average Bonchev–Trinajstić information content (AvgIpc) is 2.63. The highest BCUT2D eigenvalue weighted by Crippen LogP contribution is 2.24. The van der Waals surface area contributed by atoms with Crippen molar-refractivity contribution in [2.45, 2.75) is 24.1 Å².